The van der Waals surface area contributed by atoms with Gasteiger partial charge in [-0.25, -0.2) is 17.6 Å². The van der Waals surface area contributed by atoms with Gasteiger partial charge in [0, 0.05) is 31.6 Å². The monoisotopic (exact) mass is 446 g/mol. The number of carbonyl (C=O) groups is 1. The van der Waals surface area contributed by atoms with Crippen molar-refractivity contribution in [2.45, 2.75) is 18.4 Å². The fraction of sp³-hybridized carbons (Fsp3) is 0.318. The van der Waals surface area contributed by atoms with Crippen LogP contribution in [-0.4, -0.2) is 56.4 Å². The van der Waals surface area contributed by atoms with E-state index in [2.05, 4.69) is 0 Å². The maximum Gasteiger partial charge on any atom is 0.342 e. The lowest BCUT2D eigenvalue weighted by molar-refractivity contribution is 0.0523. The fourth-order valence-corrected chi connectivity index (χ4v) is 5.25. The number of esters is 1. The molecule has 0 N–H and O–H groups in total. The largest absolute Gasteiger partial charge is 0.462 e. The molecule has 1 aliphatic rings. The Balaban J connectivity index is 1.51. The molecule has 0 saturated carbocycles. The van der Waals surface area contributed by atoms with E-state index in [0.29, 0.717) is 41.9 Å². The Hall–Kier alpha value is -2.75. The van der Waals surface area contributed by atoms with Crippen LogP contribution < -0.4 is 0 Å². The van der Waals surface area contributed by atoms with Crippen LogP contribution in [0.25, 0.3) is 11.0 Å². The number of ether oxygens (including phenoxy) is 1. The molecular weight excluding hydrogens is 423 g/mol. The van der Waals surface area contributed by atoms with Crippen LogP contribution in [0.5, 0.6) is 0 Å². The van der Waals surface area contributed by atoms with Crippen molar-refractivity contribution in [3.8, 4) is 0 Å². The molecule has 7 nitrogen and oxygen atoms in total. The molecule has 0 aliphatic carbocycles. The van der Waals surface area contributed by atoms with Crippen molar-refractivity contribution < 1.29 is 26.8 Å². The molecule has 4 rings (SSSR count). The highest BCUT2D eigenvalue weighted by Gasteiger charge is 2.31. The second-order valence-electron chi connectivity index (χ2n) is 7.23. The van der Waals surface area contributed by atoms with E-state index in [1.807, 2.05) is 23.1 Å². The zero-order valence-electron chi connectivity index (χ0n) is 17.1. The first-order valence-corrected chi connectivity index (χ1v) is 11.5. The minimum absolute atomic E-state index is 0.214. The third-order valence-electron chi connectivity index (χ3n) is 5.30. The highest BCUT2D eigenvalue weighted by atomic mass is 32.2. The molecule has 0 atom stereocenters. The maximum atomic E-state index is 14.0. The van der Waals surface area contributed by atoms with Crippen molar-refractivity contribution in [2.75, 3.05) is 32.8 Å². The SMILES string of the molecule is CCOC(=O)c1c(CN2CCN(S(=O)(=O)c3ccccc3F)CC2)oc2ccccc12. The van der Waals surface area contributed by atoms with E-state index < -0.39 is 21.8 Å². The van der Waals surface area contributed by atoms with Gasteiger partial charge in [-0.2, -0.15) is 4.31 Å². The standard InChI is InChI=1S/C22H23FN2O5S/c1-2-29-22(26)21-16-7-3-5-9-18(16)30-19(21)15-24-11-13-25(14-12-24)31(27,28)20-10-6-4-8-17(20)23/h3-10H,2,11-15H2,1H3. The highest BCUT2D eigenvalue weighted by Crippen LogP contribution is 2.28. The molecule has 1 fully saturated rings. The minimum atomic E-state index is -3.90. The summed E-state index contributed by atoms with van der Waals surface area (Å²) in [6.45, 7) is 3.62. The fourth-order valence-electron chi connectivity index (χ4n) is 3.76. The summed E-state index contributed by atoms with van der Waals surface area (Å²) >= 11 is 0. The van der Waals surface area contributed by atoms with Crippen molar-refractivity contribution in [1.82, 2.24) is 9.21 Å². The molecule has 31 heavy (non-hydrogen) atoms. The Morgan fingerprint density at radius 2 is 1.74 bits per heavy atom. The van der Waals surface area contributed by atoms with E-state index in [0.717, 1.165) is 6.07 Å². The van der Waals surface area contributed by atoms with Crippen molar-refractivity contribution in [3.63, 3.8) is 0 Å². The van der Waals surface area contributed by atoms with Crippen LogP contribution in [0.3, 0.4) is 0 Å². The molecule has 0 spiro atoms. The third-order valence-corrected chi connectivity index (χ3v) is 7.23. The summed E-state index contributed by atoms with van der Waals surface area (Å²) in [6.07, 6.45) is 0. The van der Waals surface area contributed by atoms with Gasteiger partial charge in [0.25, 0.3) is 0 Å². The molecule has 3 aromatic rings. The van der Waals surface area contributed by atoms with E-state index in [1.54, 1.807) is 13.0 Å². The van der Waals surface area contributed by atoms with E-state index in [4.69, 9.17) is 9.15 Å². The van der Waals surface area contributed by atoms with E-state index >= 15 is 0 Å². The number of carbonyl (C=O) groups excluding carboxylic acids is 1. The summed E-state index contributed by atoms with van der Waals surface area (Å²) in [5.41, 5.74) is 1.00. The Labute approximate surface area is 180 Å². The van der Waals surface area contributed by atoms with Crippen molar-refractivity contribution in [3.05, 3.63) is 65.7 Å². The number of piperazine rings is 1. The van der Waals surface area contributed by atoms with Crippen LogP contribution in [0.1, 0.15) is 23.0 Å². The van der Waals surface area contributed by atoms with Crippen LogP contribution in [-0.2, 0) is 21.3 Å². The predicted molar refractivity (Wildman–Crippen MR) is 113 cm³/mol. The first-order valence-electron chi connectivity index (χ1n) is 10.1. The quantitative estimate of drug-likeness (QED) is 0.541. The van der Waals surface area contributed by atoms with Crippen LogP contribution in [0.4, 0.5) is 4.39 Å². The van der Waals surface area contributed by atoms with Crippen molar-refractivity contribution >= 4 is 27.0 Å². The lowest BCUT2D eigenvalue weighted by Crippen LogP contribution is -2.48. The molecule has 0 bridgehead atoms. The number of hydrogen-bond acceptors (Lipinski definition) is 6. The number of benzene rings is 2. The molecular formula is C22H23FN2O5S. The zero-order valence-corrected chi connectivity index (χ0v) is 17.9. The number of fused-ring (bicyclic) bond motifs is 1. The number of para-hydroxylation sites is 1. The van der Waals surface area contributed by atoms with Gasteiger partial charge in [-0.15, -0.1) is 0 Å². The highest BCUT2D eigenvalue weighted by molar-refractivity contribution is 7.89. The maximum absolute atomic E-state index is 14.0. The summed E-state index contributed by atoms with van der Waals surface area (Å²) in [6, 6.07) is 12.6. The normalized spacial score (nSPS) is 15.9. The number of halogens is 1. The van der Waals surface area contributed by atoms with Crippen molar-refractivity contribution in [1.29, 1.82) is 0 Å². The Morgan fingerprint density at radius 3 is 2.45 bits per heavy atom. The summed E-state index contributed by atoms with van der Waals surface area (Å²) in [7, 11) is -3.90. The molecule has 1 saturated heterocycles. The van der Waals surface area contributed by atoms with Crippen LogP contribution in [0, 0.1) is 5.82 Å². The Bertz CT molecular complexity index is 1200. The second kappa shape index (κ2) is 8.78. The van der Waals surface area contributed by atoms with Gasteiger partial charge in [0.2, 0.25) is 10.0 Å². The van der Waals surface area contributed by atoms with Crippen LogP contribution >= 0.6 is 0 Å². The Kier molecular flexibility index (Phi) is 6.08. The number of rotatable bonds is 6. The van der Waals surface area contributed by atoms with Crippen molar-refractivity contribution in [2.24, 2.45) is 0 Å². The van der Waals surface area contributed by atoms with E-state index in [1.165, 1.54) is 22.5 Å². The second-order valence-corrected chi connectivity index (χ2v) is 9.13. The molecule has 1 aromatic heterocycles. The third kappa shape index (κ3) is 4.21. The van der Waals surface area contributed by atoms with Gasteiger partial charge in [0.15, 0.2) is 0 Å². The van der Waals surface area contributed by atoms with Gasteiger partial charge in [-0.1, -0.05) is 30.3 Å². The molecule has 9 heteroatoms. The minimum Gasteiger partial charge on any atom is -0.462 e. The average molecular weight is 447 g/mol. The van der Waals surface area contributed by atoms with Gasteiger partial charge < -0.3 is 9.15 Å². The predicted octanol–water partition coefficient (Wildman–Crippen LogP) is 3.26. The van der Waals surface area contributed by atoms with Crippen LogP contribution in [0.15, 0.2) is 57.8 Å². The lowest BCUT2D eigenvalue weighted by atomic mass is 10.1. The van der Waals surface area contributed by atoms with Gasteiger partial charge in [0.1, 0.15) is 27.6 Å². The number of nitrogens with zero attached hydrogens (tertiary/aromatic N) is 2. The van der Waals surface area contributed by atoms with Gasteiger partial charge >= 0.3 is 5.97 Å². The van der Waals surface area contributed by atoms with Gasteiger partial charge in [-0.05, 0) is 25.1 Å². The molecule has 2 heterocycles. The van der Waals surface area contributed by atoms with E-state index in [9.17, 15) is 17.6 Å². The first-order chi connectivity index (χ1) is 14.9. The molecule has 2 aromatic carbocycles. The average Bonchev–Trinajstić information content (AvgIpc) is 3.12. The summed E-state index contributed by atoms with van der Waals surface area (Å²) in [4.78, 5) is 14.2. The molecule has 0 unspecified atom stereocenters. The van der Waals surface area contributed by atoms with Crippen LogP contribution in [0.2, 0.25) is 0 Å². The summed E-state index contributed by atoms with van der Waals surface area (Å²) in [5.74, 6) is -0.709. The van der Waals surface area contributed by atoms with E-state index in [-0.39, 0.29) is 24.6 Å². The number of sulfonamides is 1. The zero-order chi connectivity index (χ0) is 22.0. The first kappa shape index (κ1) is 21.5. The van der Waals surface area contributed by atoms with Gasteiger partial charge in [-0.3, -0.25) is 4.90 Å². The summed E-state index contributed by atoms with van der Waals surface area (Å²) < 4.78 is 52.0. The molecule has 0 radical (unpaired) electrons. The molecule has 1 aliphatic heterocycles. The number of hydrogen-bond donors (Lipinski definition) is 0. The smallest absolute Gasteiger partial charge is 0.342 e. The molecule has 0 amide bonds. The Morgan fingerprint density at radius 1 is 1.06 bits per heavy atom. The topological polar surface area (TPSA) is 80.1 Å². The number of furan rings is 1. The summed E-state index contributed by atoms with van der Waals surface area (Å²) in [5, 5.41) is 0.691. The lowest BCUT2D eigenvalue weighted by Gasteiger charge is -2.33. The van der Waals surface area contributed by atoms with Gasteiger partial charge in [0.05, 0.1) is 13.2 Å². The molecule has 164 valence electrons.